The molecule has 18 heavy (non-hydrogen) atoms. The van der Waals surface area contributed by atoms with Gasteiger partial charge in [0, 0.05) is 24.8 Å². The van der Waals surface area contributed by atoms with Crippen LogP contribution in [0.5, 0.6) is 0 Å². The number of amidine groups is 1. The molecule has 0 saturated carbocycles. The predicted molar refractivity (Wildman–Crippen MR) is 63.2 cm³/mol. The van der Waals surface area contributed by atoms with Crippen LogP contribution in [0.25, 0.3) is 0 Å². The summed E-state index contributed by atoms with van der Waals surface area (Å²) in [6, 6.07) is 1.62. The molecule has 0 spiro atoms. The molecule has 5 N–H and O–H groups in total. The van der Waals surface area contributed by atoms with E-state index in [1.807, 2.05) is 6.92 Å². The van der Waals surface area contributed by atoms with Gasteiger partial charge in [0.1, 0.15) is 5.70 Å². The van der Waals surface area contributed by atoms with Gasteiger partial charge in [0.15, 0.2) is 11.7 Å². The predicted octanol–water partition coefficient (Wildman–Crippen LogP) is -1.43. The summed E-state index contributed by atoms with van der Waals surface area (Å²) in [4.78, 5) is 23.1. The normalized spacial score (nSPS) is 13.9. The van der Waals surface area contributed by atoms with Gasteiger partial charge in [-0.25, -0.2) is 0 Å². The first kappa shape index (κ1) is 12.0. The van der Waals surface area contributed by atoms with E-state index < -0.39 is 11.8 Å². The van der Waals surface area contributed by atoms with Gasteiger partial charge in [0.25, 0.3) is 0 Å². The maximum absolute atomic E-state index is 11.5. The number of amides is 2. The molecule has 8 nitrogen and oxygen atoms in total. The number of aromatic amines is 1. The van der Waals surface area contributed by atoms with Gasteiger partial charge in [0.2, 0.25) is 0 Å². The van der Waals surface area contributed by atoms with Gasteiger partial charge in [-0.2, -0.15) is 10.5 Å². The van der Waals surface area contributed by atoms with Crippen LogP contribution in [-0.2, 0) is 9.59 Å². The maximum atomic E-state index is 11.5. The Kier molecular flexibility index (Phi) is 3.20. The highest BCUT2D eigenvalue weighted by molar-refractivity contribution is 6.42. The molecule has 2 rings (SSSR count). The van der Waals surface area contributed by atoms with Crippen LogP contribution in [0.4, 0.5) is 5.82 Å². The van der Waals surface area contributed by atoms with Crippen LogP contribution >= 0.6 is 0 Å². The first-order valence-electron chi connectivity index (χ1n) is 5.28. The van der Waals surface area contributed by atoms with Crippen molar-refractivity contribution in [2.45, 2.75) is 13.8 Å². The number of nitrogens with two attached hydrogens (primary N) is 1. The lowest BCUT2D eigenvalue weighted by molar-refractivity contribution is -0.608. The third-order valence-corrected chi connectivity index (χ3v) is 2.17. The minimum Gasteiger partial charge on any atom is -0.301 e. The van der Waals surface area contributed by atoms with E-state index in [0.29, 0.717) is 11.7 Å². The number of nitrogens with one attached hydrogen (secondary N) is 3. The standard InChI is InChI=1S/C10H12N6O2/c1-5-3-7(15-13-5)11-9(17)10(18)12-8-4-6(2)14-16-8/h3-4H,1-2H3,(H2,11,13,15,17)(H2,12,14,16,18)/p+1. The molecule has 0 bridgehead atoms. The van der Waals surface area contributed by atoms with Crippen molar-refractivity contribution in [1.82, 2.24) is 15.5 Å². The van der Waals surface area contributed by atoms with Gasteiger partial charge >= 0.3 is 11.8 Å². The van der Waals surface area contributed by atoms with Crippen LogP contribution in [0, 0.1) is 6.92 Å². The Morgan fingerprint density at radius 2 is 2.00 bits per heavy atom. The molecule has 0 atom stereocenters. The number of allylic oxidation sites excluding steroid dienone is 1. The average Bonchev–Trinajstić information content (AvgIpc) is 2.88. The summed E-state index contributed by atoms with van der Waals surface area (Å²) in [5.74, 6) is -0.916. The summed E-state index contributed by atoms with van der Waals surface area (Å²) in [5, 5.41) is 15.1. The highest BCUT2D eigenvalue weighted by atomic mass is 16.2. The molecule has 0 fully saturated rings. The third-order valence-electron chi connectivity index (χ3n) is 2.17. The first-order chi connectivity index (χ1) is 8.54. The Morgan fingerprint density at radius 1 is 1.28 bits per heavy atom. The first-order valence-corrected chi connectivity index (χ1v) is 5.28. The number of carbonyl (C=O) groups excluding carboxylic acids is 2. The summed E-state index contributed by atoms with van der Waals surface area (Å²) in [5.41, 5.74) is 3.30. The van der Waals surface area contributed by atoms with Gasteiger partial charge in [-0.1, -0.05) is 5.10 Å². The molecule has 0 unspecified atom stereocenters. The lowest BCUT2D eigenvalue weighted by atomic mass is 10.4. The molecule has 1 aliphatic heterocycles. The highest BCUT2D eigenvalue weighted by Gasteiger charge is 2.19. The summed E-state index contributed by atoms with van der Waals surface area (Å²) >= 11 is 0. The quantitative estimate of drug-likeness (QED) is 0.361. The summed E-state index contributed by atoms with van der Waals surface area (Å²) in [6.07, 6.45) is 1.67. The van der Waals surface area contributed by atoms with Crippen LogP contribution in [0.15, 0.2) is 22.9 Å². The van der Waals surface area contributed by atoms with E-state index in [1.54, 1.807) is 24.5 Å². The monoisotopic (exact) mass is 249 g/mol. The van der Waals surface area contributed by atoms with E-state index >= 15 is 0 Å². The lowest BCUT2D eigenvalue weighted by Gasteiger charge is -2.01. The number of H-pyrrole nitrogens is 1. The van der Waals surface area contributed by atoms with Crippen LogP contribution in [0.3, 0.4) is 0 Å². The molecule has 1 aliphatic rings. The number of quaternary nitrogens is 1. The molecule has 1 aromatic heterocycles. The Morgan fingerprint density at radius 3 is 2.56 bits per heavy atom. The molecule has 0 saturated heterocycles. The molecule has 94 valence electrons. The van der Waals surface area contributed by atoms with Gasteiger partial charge in [-0.05, 0) is 6.92 Å². The molecule has 0 aromatic carbocycles. The molecular formula is C10H13N6O2+. The van der Waals surface area contributed by atoms with E-state index in [9.17, 15) is 9.59 Å². The van der Waals surface area contributed by atoms with Crippen molar-refractivity contribution in [2.75, 3.05) is 5.32 Å². The van der Waals surface area contributed by atoms with E-state index in [0.717, 1.165) is 11.4 Å². The smallest absolute Gasteiger partial charge is 0.301 e. The number of hydrogen-bond donors (Lipinski definition) is 4. The molecule has 2 heterocycles. The number of rotatable bonds is 1. The minimum absolute atomic E-state index is 0.305. The zero-order valence-corrected chi connectivity index (χ0v) is 9.94. The largest absolute Gasteiger partial charge is 0.315 e. The van der Waals surface area contributed by atoms with Crippen molar-refractivity contribution in [1.29, 1.82) is 0 Å². The Balaban J connectivity index is 1.91. The SMILES string of the molecule is CC1=CC(NC(=O)C(=O)Nc2cc(C)[nH]n2)=N[NH2+]1. The zero-order valence-electron chi connectivity index (χ0n) is 9.94. The molecular weight excluding hydrogens is 236 g/mol. The van der Waals surface area contributed by atoms with E-state index in [4.69, 9.17) is 0 Å². The fraction of sp³-hybridized carbons (Fsp3) is 0.200. The summed E-state index contributed by atoms with van der Waals surface area (Å²) < 4.78 is 0. The van der Waals surface area contributed by atoms with Crippen molar-refractivity contribution < 1.29 is 15.0 Å². The van der Waals surface area contributed by atoms with Crippen molar-refractivity contribution in [2.24, 2.45) is 5.10 Å². The van der Waals surface area contributed by atoms with Gasteiger partial charge in [-0.3, -0.25) is 20.0 Å². The second-order valence-corrected chi connectivity index (χ2v) is 3.88. The lowest BCUT2D eigenvalue weighted by Crippen LogP contribution is -2.73. The molecule has 0 aliphatic carbocycles. The van der Waals surface area contributed by atoms with Crippen LogP contribution in [0.1, 0.15) is 12.6 Å². The van der Waals surface area contributed by atoms with Gasteiger partial charge in [0.05, 0.1) is 0 Å². The third kappa shape index (κ3) is 2.80. The van der Waals surface area contributed by atoms with Crippen molar-refractivity contribution in [3.8, 4) is 0 Å². The number of carbonyl (C=O) groups is 2. The Bertz CT molecular complexity index is 556. The van der Waals surface area contributed by atoms with Crippen LogP contribution in [0.2, 0.25) is 0 Å². The van der Waals surface area contributed by atoms with Crippen molar-refractivity contribution in [3.05, 3.63) is 23.5 Å². The minimum atomic E-state index is -0.790. The second kappa shape index (κ2) is 4.80. The van der Waals surface area contributed by atoms with Crippen LogP contribution < -0.4 is 16.1 Å². The molecule has 0 radical (unpaired) electrons. The van der Waals surface area contributed by atoms with Crippen molar-refractivity contribution in [3.63, 3.8) is 0 Å². The van der Waals surface area contributed by atoms with Gasteiger partial charge < -0.3 is 5.32 Å². The number of aromatic nitrogens is 2. The van der Waals surface area contributed by atoms with Gasteiger partial charge in [-0.15, -0.1) is 0 Å². The van der Waals surface area contributed by atoms with E-state index in [2.05, 4.69) is 25.9 Å². The number of aryl methyl sites for hydroxylation is 1. The summed E-state index contributed by atoms with van der Waals surface area (Å²) in [7, 11) is 0. The number of nitrogens with zero attached hydrogens (tertiary/aromatic N) is 2. The van der Waals surface area contributed by atoms with Crippen molar-refractivity contribution >= 4 is 23.5 Å². The van der Waals surface area contributed by atoms with E-state index in [-0.39, 0.29) is 0 Å². The molecule has 1 aromatic rings. The Hall–Kier alpha value is -2.48. The van der Waals surface area contributed by atoms with E-state index in [1.165, 1.54) is 0 Å². The number of anilines is 1. The molecule has 8 heteroatoms. The zero-order chi connectivity index (χ0) is 13.1. The highest BCUT2D eigenvalue weighted by Crippen LogP contribution is 2.03. The average molecular weight is 249 g/mol. The second-order valence-electron chi connectivity index (χ2n) is 3.88. The summed E-state index contributed by atoms with van der Waals surface area (Å²) in [6.45, 7) is 3.63. The Labute approximate surface area is 103 Å². The van der Waals surface area contributed by atoms with Crippen LogP contribution in [-0.4, -0.2) is 27.8 Å². The molecule has 2 amide bonds. The fourth-order valence-corrected chi connectivity index (χ4v) is 1.36. The topological polar surface area (TPSA) is 116 Å². The number of hydrogen-bond acceptors (Lipinski definition) is 4. The maximum Gasteiger partial charge on any atom is 0.315 e. The fourth-order valence-electron chi connectivity index (χ4n) is 1.36.